The van der Waals surface area contributed by atoms with E-state index in [4.69, 9.17) is 5.73 Å². The Balaban J connectivity index is 1.85. The van der Waals surface area contributed by atoms with Gasteiger partial charge in [0.05, 0.1) is 15.9 Å². The normalized spacial score (nSPS) is 15.9. The zero-order chi connectivity index (χ0) is 17.6. The van der Waals surface area contributed by atoms with E-state index in [1.54, 1.807) is 12.3 Å². The molecular weight excluding hydrogens is 336 g/mol. The van der Waals surface area contributed by atoms with Gasteiger partial charge in [-0.2, -0.15) is 0 Å². The molecule has 0 atom stereocenters. The van der Waals surface area contributed by atoms with Crippen LogP contribution in [0.1, 0.15) is 31.7 Å². The lowest BCUT2D eigenvalue weighted by Crippen LogP contribution is -2.08. The quantitative estimate of drug-likeness (QED) is 0.778. The molecule has 7 heteroatoms. The fourth-order valence-electron chi connectivity index (χ4n) is 3.62. The first-order valence-corrected chi connectivity index (χ1v) is 10.3. The Labute approximate surface area is 146 Å². The van der Waals surface area contributed by atoms with Crippen molar-refractivity contribution in [2.24, 2.45) is 0 Å². The van der Waals surface area contributed by atoms with Crippen LogP contribution in [0.4, 0.5) is 5.95 Å². The van der Waals surface area contributed by atoms with Crippen LogP contribution in [0.2, 0.25) is 0 Å². The zero-order valence-corrected chi connectivity index (χ0v) is 14.8. The van der Waals surface area contributed by atoms with E-state index in [1.165, 1.54) is 25.3 Å². The second kappa shape index (κ2) is 5.84. The maximum atomic E-state index is 11.8. The van der Waals surface area contributed by atoms with Crippen molar-refractivity contribution in [3.05, 3.63) is 36.7 Å². The SMILES string of the molecule is CS(=O)(=O)c1cncc(-c2ccc3nc(N)n(C4CCCC4)c3c2)c1. The number of fused-ring (bicyclic) bond motifs is 1. The van der Waals surface area contributed by atoms with Crippen LogP contribution in [0.25, 0.3) is 22.2 Å². The third-order valence-electron chi connectivity index (χ3n) is 4.88. The molecule has 130 valence electrons. The number of nitrogen functional groups attached to an aromatic ring is 1. The van der Waals surface area contributed by atoms with Crippen molar-refractivity contribution in [2.75, 3.05) is 12.0 Å². The number of sulfone groups is 1. The van der Waals surface area contributed by atoms with Crippen molar-refractivity contribution in [1.29, 1.82) is 0 Å². The molecule has 0 spiro atoms. The van der Waals surface area contributed by atoms with Gasteiger partial charge in [-0.15, -0.1) is 0 Å². The predicted octanol–water partition coefficient (Wildman–Crippen LogP) is 3.20. The van der Waals surface area contributed by atoms with Gasteiger partial charge in [-0.05, 0) is 36.6 Å². The second-order valence-corrected chi connectivity index (χ2v) is 8.68. The van der Waals surface area contributed by atoms with Gasteiger partial charge in [0.2, 0.25) is 5.95 Å². The maximum absolute atomic E-state index is 11.8. The molecule has 1 fully saturated rings. The van der Waals surface area contributed by atoms with Crippen molar-refractivity contribution >= 4 is 26.8 Å². The summed E-state index contributed by atoms with van der Waals surface area (Å²) in [6, 6.07) is 7.93. The van der Waals surface area contributed by atoms with Crippen LogP contribution in [-0.2, 0) is 9.84 Å². The largest absolute Gasteiger partial charge is 0.369 e. The molecule has 0 saturated heterocycles. The number of hydrogen-bond acceptors (Lipinski definition) is 5. The summed E-state index contributed by atoms with van der Waals surface area (Å²) >= 11 is 0. The lowest BCUT2D eigenvalue weighted by Gasteiger charge is -2.14. The summed E-state index contributed by atoms with van der Waals surface area (Å²) in [5.74, 6) is 0.544. The van der Waals surface area contributed by atoms with Gasteiger partial charge in [0, 0.05) is 30.3 Å². The van der Waals surface area contributed by atoms with E-state index < -0.39 is 9.84 Å². The summed E-state index contributed by atoms with van der Waals surface area (Å²) in [6.07, 6.45) is 8.89. The molecule has 3 aromatic rings. The molecular formula is C18H20N4O2S. The fourth-order valence-corrected chi connectivity index (χ4v) is 4.21. The van der Waals surface area contributed by atoms with Crippen molar-refractivity contribution in [2.45, 2.75) is 36.6 Å². The van der Waals surface area contributed by atoms with Crippen molar-refractivity contribution in [3.63, 3.8) is 0 Å². The van der Waals surface area contributed by atoms with Crippen LogP contribution in [-0.4, -0.2) is 29.2 Å². The number of nitrogens with zero attached hydrogens (tertiary/aromatic N) is 3. The van der Waals surface area contributed by atoms with Gasteiger partial charge in [-0.1, -0.05) is 18.9 Å². The molecule has 0 unspecified atom stereocenters. The summed E-state index contributed by atoms with van der Waals surface area (Å²) in [6.45, 7) is 0. The molecule has 0 radical (unpaired) electrons. The van der Waals surface area contributed by atoms with Gasteiger partial charge in [0.1, 0.15) is 0 Å². The Kier molecular flexibility index (Phi) is 3.76. The highest BCUT2D eigenvalue weighted by Gasteiger charge is 2.22. The second-order valence-electron chi connectivity index (χ2n) is 6.66. The number of benzene rings is 1. The summed E-state index contributed by atoms with van der Waals surface area (Å²) in [5, 5.41) is 0. The minimum absolute atomic E-state index is 0.217. The van der Waals surface area contributed by atoms with E-state index >= 15 is 0 Å². The molecule has 2 aromatic heterocycles. The summed E-state index contributed by atoms with van der Waals surface area (Å²) in [5.41, 5.74) is 9.69. The number of anilines is 1. The highest BCUT2D eigenvalue weighted by Crippen LogP contribution is 2.35. The number of rotatable bonds is 3. The zero-order valence-electron chi connectivity index (χ0n) is 14.0. The van der Waals surface area contributed by atoms with Gasteiger partial charge < -0.3 is 10.3 Å². The summed E-state index contributed by atoms with van der Waals surface area (Å²) in [7, 11) is -3.29. The molecule has 1 saturated carbocycles. The molecule has 1 aliphatic rings. The molecule has 0 bridgehead atoms. The average Bonchev–Trinajstić information content (AvgIpc) is 3.20. The van der Waals surface area contributed by atoms with Gasteiger partial charge in [0.15, 0.2) is 9.84 Å². The first-order chi connectivity index (χ1) is 11.9. The van der Waals surface area contributed by atoms with Crippen LogP contribution in [0, 0.1) is 0 Å². The standard InChI is InChI=1S/C18H20N4O2S/c1-25(23,24)15-8-13(10-20-11-15)12-6-7-16-17(9-12)22(18(19)21-16)14-4-2-3-5-14/h6-11,14H,2-5H2,1H3,(H2,19,21). The Morgan fingerprint density at radius 3 is 2.60 bits per heavy atom. The molecule has 25 heavy (non-hydrogen) atoms. The highest BCUT2D eigenvalue weighted by molar-refractivity contribution is 7.90. The molecule has 2 heterocycles. The molecule has 0 aliphatic heterocycles. The topological polar surface area (TPSA) is 90.9 Å². The van der Waals surface area contributed by atoms with Gasteiger partial charge in [-0.25, -0.2) is 13.4 Å². The molecule has 0 amide bonds. The van der Waals surface area contributed by atoms with Crippen molar-refractivity contribution in [1.82, 2.24) is 14.5 Å². The molecule has 2 N–H and O–H groups in total. The van der Waals surface area contributed by atoms with Crippen LogP contribution >= 0.6 is 0 Å². The Morgan fingerprint density at radius 2 is 1.88 bits per heavy atom. The highest BCUT2D eigenvalue weighted by atomic mass is 32.2. The number of aromatic nitrogens is 3. The smallest absolute Gasteiger partial charge is 0.201 e. The molecule has 6 nitrogen and oxygen atoms in total. The Morgan fingerprint density at radius 1 is 1.12 bits per heavy atom. The van der Waals surface area contributed by atoms with E-state index in [-0.39, 0.29) is 4.90 Å². The first kappa shape index (κ1) is 16.1. The van der Waals surface area contributed by atoms with Crippen LogP contribution in [0.5, 0.6) is 0 Å². The monoisotopic (exact) mass is 356 g/mol. The van der Waals surface area contributed by atoms with Crippen molar-refractivity contribution in [3.8, 4) is 11.1 Å². The Hall–Kier alpha value is -2.41. The molecule has 1 aromatic carbocycles. The minimum Gasteiger partial charge on any atom is -0.369 e. The summed E-state index contributed by atoms with van der Waals surface area (Å²) in [4.78, 5) is 8.78. The van der Waals surface area contributed by atoms with E-state index in [2.05, 4.69) is 14.5 Å². The lowest BCUT2D eigenvalue weighted by atomic mass is 10.1. The number of nitrogens with two attached hydrogens (primary N) is 1. The van der Waals surface area contributed by atoms with Gasteiger partial charge in [-0.3, -0.25) is 4.98 Å². The van der Waals surface area contributed by atoms with Crippen LogP contribution in [0.3, 0.4) is 0 Å². The minimum atomic E-state index is -3.29. The fraction of sp³-hybridized carbons (Fsp3) is 0.333. The lowest BCUT2D eigenvalue weighted by molar-refractivity contribution is 0.539. The van der Waals surface area contributed by atoms with E-state index in [1.807, 2.05) is 18.2 Å². The van der Waals surface area contributed by atoms with Gasteiger partial charge in [0.25, 0.3) is 0 Å². The molecule has 4 rings (SSSR count). The third-order valence-corrected chi connectivity index (χ3v) is 5.96. The summed E-state index contributed by atoms with van der Waals surface area (Å²) < 4.78 is 25.7. The van der Waals surface area contributed by atoms with Crippen LogP contribution < -0.4 is 5.73 Å². The molecule has 1 aliphatic carbocycles. The third kappa shape index (κ3) is 2.89. The number of hydrogen-bond donors (Lipinski definition) is 1. The first-order valence-electron chi connectivity index (χ1n) is 8.36. The van der Waals surface area contributed by atoms with E-state index in [9.17, 15) is 8.42 Å². The van der Waals surface area contributed by atoms with Crippen LogP contribution in [0.15, 0.2) is 41.6 Å². The van der Waals surface area contributed by atoms with E-state index in [0.29, 0.717) is 12.0 Å². The van der Waals surface area contributed by atoms with Gasteiger partial charge >= 0.3 is 0 Å². The number of imidazole rings is 1. The maximum Gasteiger partial charge on any atom is 0.201 e. The van der Waals surface area contributed by atoms with E-state index in [0.717, 1.165) is 35.0 Å². The average molecular weight is 356 g/mol. The number of pyridine rings is 1. The predicted molar refractivity (Wildman–Crippen MR) is 98.0 cm³/mol. The Bertz CT molecular complexity index is 1050. The van der Waals surface area contributed by atoms with Crippen molar-refractivity contribution < 1.29 is 8.42 Å².